The molecule has 4 nitrogen and oxygen atoms in total. The van der Waals surface area contributed by atoms with Crippen molar-refractivity contribution < 1.29 is 9.59 Å². The summed E-state index contributed by atoms with van der Waals surface area (Å²) in [5.41, 5.74) is 3.08. The van der Waals surface area contributed by atoms with E-state index in [9.17, 15) is 9.59 Å². The Balaban J connectivity index is 1.80. The van der Waals surface area contributed by atoms with Gasteiger partial charge in [0.05, 0.1) is 0 Å². The summed E-state index contributed by atoms with van der Waals surface area (Å²) in [6.45, 7) is 4.96. The van der Waals surface area contributed by atoms with Crippen LogP contribution in [0.2, 0.25) is 5.02 Å². The molecule has 6 heteroatoms. The second-order valence-corrected chi connectivity index (χ2v) is 10.8. The summed E-state index contributed by atoms with van der Waals surface area (Å²) >= 11 is 8.20. The molecule has 0 aliphatic carbocycles. The van der Waals surface area contributed by atoms with Gasteiger partial charge in [0.15, 0.2) is 0 Å². The zero-order valence-corrected chi connectivity index (χ0v) is 22.6. The summed E-state index contributed by atoms with van der Waals surface area (Å²) in [6.07, 6.45) is 0.794. The van der Waals surface area contributed by atoms with Gasteiger partial charge in [0.25, 0.3) is 0 Å². The van der Waals surface area contributed by atoms with E-state index < -0.39 is 6.04 Å². The summed E-state index contributed by atoms with van der Waals surface area (Å²) in [4.78, 5) is 28.8. The Morgan fingerprint density at radius 3 is 2.14 bits per heavy atom. The number of benzene rings is 3. The summed E-state index contributed by atoms with van der Waals surface area (Å²) < 4.78 is 0. The van der Waals surface area contributed by atoms with E-state index in [-0.39, 0.29) is 18.4 Å². The molecule has 0 saturated heterocycles. The molecule has 0 radical (unpaired) electrons. The number of thioether (sulfide) groups is 1. The number of hydrogen-bond donors (Lipinski definition) is 1. The molecule has 2 amide bonds. The summed E-state index contributed by atoms with van der Waals surface area (Å²) in [5, 5.41) is 3.65. The van der Waals surface area contributed by atoms with Crippen molar-refractivity contribution in [1.82, 2.24) is 10.2 Å². The molecule has 0 aliphatic heterocycles. The summed E-state index contributed by atoms with van der Waals surface area (Å²) in [7, 11) is 0. The van der Waals surface area contributed by atoms with Gasteiger partial charge in [-0.3, -0.25) is 9.59 Å². The summed E-state index contributed by atoms with van der Waals surface area (Å²) in [6, 6.07) is 27.0. The SMILES string of the molecule is CC(C)CNC(=O)[C@@H](Cc1ccccc1)N(Cc1ccccc1Cl)C(=O)CCSCc1ccccc1. The maximum absolute atomic E-state index is 13.6. The highest BCUT2D eigenvalue weighted by molar-refractivity contribution is 7.98. The monoisotopic (exact) mass is 522 g/mol. The number of carbonyl (C=O) groups excluding carboxylic acids is 2. The first-order valence-electron chi connectivity index (χ1n) is 12.4. The standard InChI is InChI=1S/C30H35ClN2O2S/c1-23(2)20-32-30(35)28(19-24-11-5-3-6-12-24)33(21-26-15-9-10-16-27(26)31)29(34)17-18-36-22-25-13-7-4-8-14-25/h3-16,23,28H,17-22H2,1-2H3,(H,32,35)/t28-/m1/s1. The second kappa shape index (κ2) is 14.7. The first-order chi connectivity index (χ1) is 17.4. The fourth-order valence-corrected chi connectivity index (χ4v) is 4.94. The maximum Gasteiger partial charge on any atom is 0.243 e. The van der Waals surface area contributed by atoms with Crippen LogP contribution in [0, 0.1) is 5.92 Å². The number of rotatable bonds is 13. The molecular formula is C30H35ClN2O2S. The molecule has 3 aromatic carbocycles. The molecule has 36 heavy (non-hydrogen) atoms. The smallest absolute Gasteiger partial charge is 0.243 e. The van der Waals surface area contributed by atoms with Crippen molar-refractivity contribution >= 4 is 35.2 Å². The van der Waals surface area contributed by atoms with E-state index in [4.69, 9.17) is 11.6 Å². The second-order valence-electron chi connectivity index (χ2n) is 9.25. The number of amides is 2. The highest BCUT2D eigenvalue weighted by atomic mass is 35.5. The lowest BCUT2D eigenvalue weighted by atomic mass is 10.0. The van der Waals surface area contributed by atoms with Gasteiger partial charge in [-0.1, -0.05) is 104 Å². The van der Waals surface area contributed by atoms with Crippen LogP contribution < -0.4 is 5.32 Å². The van der Waals surface area contributed by atoms with E-state index in [0.717, 1.165) is 16.9 Å². The summed E-state index contributed by atoms with van der Waals surface area (Å²) in [5.74, 6) is 1.66. The van der Waals surface area contributed by atoms with Crippen molar-refractivity contribution in [3.05, 3.63) is 107 Å². The van der Waals surface area contributed by atoms with Gasteiger partial charge < -0.3 is 10.2 Å². The van der Waals surface area contributed by atoms with Crippen LogP contribution in [-0.2, 0) is 28.3 Å². The molecule has 3 rings (SSSR count). The normalized spacial score (nSPS) is 11.8. The van der Waals surface area contributed by atoms with Crippen LogP contribution in [-0.4, -0.2) is 35.1 Å². The zero-order valence-electron chi connectivity index (χ0n) is 21.0. The third-order valence-electron chi connectivity index (χ3n) is 5.83. The lowest BCUT2D eigenvalue weighted by Crippen LogP contribution is -2.51. The Labute approximate surface area is 224 Å². The van der Waals surface area contributed by atoms with Crippen LogP contribution >= 0.6 is 23.4 Å². The van der Waals surface area contributed by atoms with E-state index in [0.29, 0.717) is 36.1 Å². The average Bonchev–Trinajstić information content (AvgIpc) is 2.89. The highest BCUT2D eigenvalue weighted by Gasteiger charge is 2.30. The maximum atomic E-state index is 13.6. The van der Waals surface area contributed by atoms with Gasteiger partial charge >= 0.3 is 0 Å². The van der Waals surface area contributed by atoms with E-state index in [2.05, 4.69) is 31.3 Å². The molecule has 3 aromatic rings. The first-order valence-corrected chi connectivity index (χ1v) is 13.9. The number of nitrogens with zero attached hydrogens (tertiary/aromatic N) is 1. The van der Waals surface area contributed by atoms with Gasteiger partial charge in [0.2, 0.25) is 11.8 Å². The Morgan fingerprint density at radius 2 is 1.50 bits per heavy atom. The van der Waals surface area contributed by atoms with Crippen LogP contribution in [0.15, 0.2) is 84.9 Å². The molecule has 0 bridgehead atoms. The third kappa shape index (κ3) is 9.03. The van der Waals surface area contributed by atoms with Crippen molar-refractivity contribution in [1.29, 1.82) is 0 Å². The molecule has 0 fully saturated rings. The van der Waals surface area contributed by atoms with Crippen LogP contribution in [0.25, 0.3) is 0 Å². The van der Waals surface area contributed by atoms with Crippen LogP contribution in [0.5, 0.6) is 0 Å². The number of halogens is 1. The van der Waals surface area contributed by atoms with Gasteiger partial charge in [-0.2, -0.15) is 11.8 Å². The predicted molar refractivity (Wildman–Crippen MR) is 151 cm³/mol. The Morgan fingerprint density at radius 1 is 0.889 bits per heavy atom. The quantitative estimate of drug-likeness (QED) is 0.265. The molecule has 190 valence electrons. The van der Waals surface area contributed by atoms with Crippen molar-refractivity contribution in [2.24, 2.45) is 5.92 Å². The molecule has 0 heterocycles. The lowest BCUT2D eigenvalue weighted by Gasteiger charge is -2.32. The number of hydrogen-bond acceptors (Lipinski definition) is 3. The zero-order chi connectivity index (χ0) is 25.8. The van der Waals surface area contributed by atoms with Crippen LogP contribution in [0.1, 0.15) is 37.0 Å². The molecule has 0 aromatic heterocycles. The number of nitrogens with one attached hydrogen (secondary N) is 1. The third-order valence-corrected chi connectivity index (χ3v) is 7.22. The minimum absolute atomic E-state index is 0.0453. The van der Waals surface area contributed by atoms with E-state index in [1.165, 1.54) is 5.56 Å². The van der Waals surface area contributed by atoms with Crippen LogP contribution in [0.3, 0.4) is 0 Å². The molecule has 0 saturated carbocycles. The molecular weight excluding hydrogens is 488 g/mol. The van der Waals surface area contributed by atoms with Crippen molar-refractivity contribution in [2.45, 2.75) is 45.0 Å². The minimum atomic E-state index is -0.631. The van der Waals surface area contributed by atoms with E-state index in [1.807, 2.05) is 72.8 Å². The fourth-order valence-electron chi connectivity index (χ4n) is 3.85. The molecule has 0 spiro atoms. The van der Waals surface area contributed by atoms with Crippen molar-refractivity contribution in [2.75, 3.05) is 12.3 Å². The van der Waals surface area contributed by atoms with E-state index >= 15 is 0 Å². The average molecular weight is 523 g/mol. The van der Waals surface area contributed by atoms with Crippen molar-refractivity contribution in [3.63, 3.8) is 0 Å². The van der Waals surface area contributed by atoms with Crippen molar-refractivity contribution in [3.8, 4) is 0 Å². The lowest BCUT2D eigenvalue weighted by molar-refractivity contribution is -0.141. The van der Waals surface area contributed by atoms with E-state index in [1.54, 1.807) is 16.7 Å². The molecule has 0 aliphatic rings. The first kappa shape index (κ1) is 27.8. The predicted octanol–water partition coefficient (Wildman–Crippen LogP) is 6.38. The van der Waals surface area contributed by atoms with Gasteiger partial charge in [0.1, 0.15) is 6.04 Å². The minimum Gasteiger partial charge on any atom is -0.354 e. The molecule has 1 N–H and O–H groups in total. The molecule has 1 atom stereocenters. The Kier molecular flexibility index (Phi) is 11.4. The molecule has 0 unspecified atom stereocenters. The largest absolute Gasteiger partial charge is 0.354 e. The van der Waals surface area contributed by atoms with Gasteiger partial charge in [-0.15, -0.1) is 0 Å². The van der Waals surface area contributed by atoms with Gasteiger partial charge in [-0.25, -0.2) is 0 Å². The van der Waals surface area contributed by atoms with Gasteiger partial charge in [-0.05, 0) is 28.7 Å². The number of carbonyl (C=O) groups is 2. The fraction of sp³-hybridized carbons (Fsp3) is 0.333. The van der Waals surface area contributed by atoms with Crippen LogP contribution in [0.4, 0.5) is 0 Å². The highest BCUT2D eigenvalue weighted by Crippen LogP contribution is 2.22. The Hall–Kier alpha value is -2.76. The van der Waals surface area contributed by atoms with Gasteiger partial charge in [0, 0.05) is 42.5 Å². The Bertz CT molecular complexity index is 1090. The topological polar surface area (TPSA) is 49.4 Å².